The lowest BCUT2D eigenvalue weighted by Gasteiger charge is -2.46. The van der Waals surface area contributed by atoms with Crippen LogP contribution in [0.4, 0.5) is 0 Å². The lowest BCUT2D eigenvalue weighted by Crippen LogP contribution is -2.58. The van der Waals surface area contributed by atoms with Crippen molar-refractivity contribution in [2.45, 2.75) is 31.8 Å². The van der Waals surface area contributed by atoms with Gasteiger partial charge < -0.3 is 26.2 Å². The number of rotatable bonds is 1. The van der Waals surface area contributed by atoms with Crippen LogP contribution in [-0.2, 0) is 20.8 Å². The molecule has 1 fully saturated rings. The second kappa shape index (κ2) is 6.47. The van der Waals surface area contributed by atoms with Crippen LogP contribution in [0.2, 0.25) is 0 Å². The van der Waals surface area contributed by atoms with Gasteiger partial charge in [0.05, 0.1) is 5.56 Å². The highest BCUT2D eigenvalue weighted by Crippen LogP contribution is 2.52. The van der Waals surface area contributed by atoms with Crippen LogP contribution >= 0.6 is 0 Å². The summed E-state index contributed by atoms with van der Waals surface area (Å²) in [5.74, 6) is -0.734. The van der Waals surface area contributed by atoms with E-state index in [4.69, 9.17) is 5.73 Å². The van der Waals surface area contributed by atoms with Gasteiger partial charge >= 0.3 is 0 Å². The SMILES string of the molecule is CC#Cc1ccc(O)c2c1CC1CC3CC(=O)C(C(N)=O)=C(O)[C@@]3(O)C(=O)C1=C2O. The van der Waals surface area contributed by atoms with Crippen LogP contribution in [0.1, 0.15) is 36.5 Å². The summed E-state index contributed by atoms with van der Waals surface area (Å²) >= 11 is 0. The lowest BCUT2D eigenvalue weighted by molar-refractivity contribution is -0.147. The Morgan fingerprint density at radius 3 is 2.53 bits per heavy atom. The molecule has 8 nitrogen and oxygen atoms in total. The number of carbonyl (C=O) groups is 3. The summed E-state index contributed by atoms with van der Waals surface area (Å²) in [5, 5.41) is 42.8. The van der Waals surface area contributed by atoms with Crippen molar-refractivity contribution in [2.75, 3.05) is 0 Å². The molecule has 3 aliphatic carbocycles. The van der Waals surface area contributed by atoms with Gasteiger partial charge in [-0.3, -0.25) is 14.4 Å². The van der Waals surface area contributed by atoms with Crippen molar-refractivity contribution in [3.63, 3.8) is 0 Å². The number of benzene rings is 1. The van der Waals surface area contributed by atoms with Gasteiger partial charge in [-0.2, -0.15) is 0 Å². The van der Waals surface area contributed by atoms with Crippen molar-refractivity contribution in [1.82, 2.24) is 0 Å². The molecule has 3 aliphatic rings. The number of Topliss-reactive ketones (excluding diaryl/α,β-unsaturated/α-hetero) is 2. The van der Waals surface area contributed by atoms with Crippen molar-refractivity contribution in [1.29, 1.82) is 0 Å². The minimum absolute atomic E-state index is 0.0439. The first-order valence-corrected chi connectivity index (χ1v) is 9.37. The number of aliphatic hydroxyl groups excluding tert-OH is 2. The van der Waals surface area contributed by atoms with Crippen molar-refractivity contribution in [2.24, 2.45) is 17.6 Å². The molecule has 0 saturated heterocycles. The number of ketones is 2. The van der Waals surface area contributed by atoms with Crippen LogP contribution in [0, 0.1) is 23.7 Å². The number of hydrogen-bond donors (Lipinski definition) is 5. The van der Waals surface area contributed by atoms with E-state index in [-0.39, 0.29) is 36.1 Å². The number of carbonyl (C=O) groups excluding carboxylic acids is 3. The molecule has 0 aliphatic heterocycles. The zero-order chi connectivity index (χ0) is 22.0. The van der Waals surface area contributed by atoms with Gasteiger partial charge in [-0.15, -0.1) is 5.92 Å². The highest BCUT2D eigenvalue weighted by molar-refractivity contribution is 6.22. The maximum absolute atomic E-state index is 13.3. The molecular weight excluding hydrogens is 390 g/mol. The maximum Gasteiger partial charge on any atom is 0.255 e. The second-order valence-electron chi connectivity index (χ2n) is 7.77. The van der Waals surface area contributed by atoms with Crippen LogP contribution in [0.15, 0.2) is 29.0 Å². The standard InChI is InChI=1S/C22H19NO7/c1-2-3-9-4-5-13(24)16-12(9)7-10-6-11-8-14(25)17(21(23)29)20(28)22(11,30)19(27)15(10)18(16)26/h4-5,10-11,24,26,28,30H,6-8H2,1H3,(H2,23,29)/t10?,11?,22-/m0/s1. The number of aromatic hydroxyl groups is 1. The minimum Gasteiger partial charge on any atom is -0.508 e. The molecular formula is C22H19NO7. The number of fused-ring (bicyclic) bond motifs is 3. The molecule has 1 aromatic rings. The van der Waals surface area contributed by atoms with E-state index in [9.17, 15) is 34.8 Å². The third-order valence-electron chi connectivity index (χ3n) is 6.21. The molecule has 8 heteroatoms. The average Bonchev–Trinajstić information content (AvgIpc) is 2.66. The Balaban J connectivity index is 1.95. The first-order valence-electron chi connectivity index (χ1n) is 9.37. The number of phenols is 1. The number of amides is 1. The van der Waals surface area contributed by atoms with E-state index in [1.54, 1.807) is 13.0 Å². The zero-order valence-electron chi connectivity index (χ0n) is 16.0. The topological polar surface area (TPSA) is 158 Å². The predicted octanol–water partition coefficient (Wildman–Crippen LogP) is 0.795. The molecule has 0 radical (unpaired) electrons. The third kappa shape index (κ3) is 2.42. The van der Waals surface area contributed by atoms with Gasteiger partial charge in [-0.05, 0) is 43.4 Å². The first-order chi connectivity index (χ1) is 14.1. The largest absolute Gasteiger partial charge is 0.508 e. The number of phenolic OH excluding ortho intramolecular Hbond substituents is 1. The summed E-state index contributed by atoms with van der Waals surface area (Å²) in [5.41, 5.74) is 2.83. The average molecular weight is 409 g/mol. The fourth-order valence-corrected chi connectivity index (χ4v) is 4.87. The van der Waals surface area contributed by atoms with Crippen LogP contribution in [0.5, 0.6) is 5.75 Å². The van der Waals surface area contributed by atoms with Crippen LogP contribution < -0.4 is 5.73 Å². The molecule has 6 N–H and O–H groups in total. The molecule has 154 valence electrons. The van der Waals surface area contributed by atoms with Crippen molar-refractivity contribution in [3.05, 3.63) is 45.7 Å². The highest BCUT2D eigenvalue weighted by Gasteiger charge is 2.60. The Bertz CT molecular complexity index is 1160. The summed E-state index contributed by atoms with van der Waals surface area (Å²) in [6.45, 7) is 1.65. The van der Waals surface area contributed by atoms with E-state index < -0.39 is 52.0 Å². The summed E-state index contributed by atoms with van der Waals surface area (Å²) in [6, 6.07) is 2.96. The van der Waals surface area contributed by atoms with E-state index in [2.05, 4.69) is 11.8 Å². The van der Waals surface area contributed by atoms with Crippen LogP contribution in [0.3, 0.4) is 0 Å². The normalized spacial score (nSPS) is 27.7. The molecule has 4 rings (SSSR count). The maximum atomic E-state index is 13.3. The number of hydrogen-bond acceptors (Lipinski definition) is 7. The predicted molar refractivity (Wildman–Crippen MR) is 104 cm³/mol. The summed E-state index contributed by atoms with van der Waals surface area (Å²) in [6.07, 6.45) is -0.00595. The Labute approximate surface area is 171 Å². The first kappa shape index (κ1) is 19.7. The molecule has 2 unspecified atom stereocenters. The number of primary amides is 1. The van der Waals surface area contributed by atoms with Gasteiger partial charge in [0.15, 0.2) is 11.4 Å². The molecule has 0 heterocycles. The smallest absolute Gasteiger partial charge is 0.255 e. The highest BCUT2D eigenvalue weighted by atomic mass is 16.3. The Hall–Kier alpha value is -3.57. The van der Waals surface area contributed by atoms with Gasteiger partial charge in [-0.25, -0.2) is 0 Å². The molecule has 3 atom stereocenters. The van der Waals surface area contributed by atoms with Gasteiger partial charge in [0.25, 0.3) is 5.91 Å². The molecule has 0 spiro atoms. The second-order valence-corrected chi connectivity index (χ2v) is 7.77. The monoisotopic (exact) mass is 409 g/mol. The fourth-order valence-electron chi connectivity index (χ4n) is 4.87. The molecule has 1 aromatic carbocycles. The Morgan fingerprint density at radius 2 is 1.90 bits per heavy atom. The summed E-state index contributed by atoms with van der Waals surface area (Å²) in [7, 11) is 0. The fraction of sp³-hybridized carbons (Fsp3) is 0.318. The molecule has 30 heavy (non-hydrogen) atoms. The lowest BCUT2D eigenvalue weighted by atomic mass is 9.59. The third-order valence-corrected chi connectivity index (χ3v) is 6.21. The molecule has 1 saturated carbocycles. The summed E-state index contributed by atoms with van der Waals surface area (Å²) in [4.78, 5) is 37.2. The number of nitrogens with two attached hydrogens (primary N) is 1. The van der Waals surface area contributed by atoms with E-state index in [1.807, 2.05) is 0 Å². The van der Waals surface area contributed by atoms with Gasteiger partial charge in [0, 0.05) is 23.5 Å². The van der Waals surface area contributed by atoms with Crippen molar-refractivity contribution >= 4 is 23.2 Å². The van der Waals surface area contributed by atoms with E-state index in [1.165, 1.54) is 6.07 Å². The number of aliphatic hydroxyl groups is 3. The molecule has 0 bridgehead atoms. The van der Waals surface area contributed by atoms with Crippen LogP contribution in [0.25, 0.3) is 5.76 Å². The molecule has 1 amide bonds. The molecule has 0 aromatic heterocycles. The van der Waals surface area contributed by atoms with Gasteiger partial charge in [0.1, 0.15) is 22.8 Å². The minimum atomic E-state index is -2.55. The van der Waals surface area contributed by atoms with E-state index >= 15 is 0 Å². The zero-order valence-corrected chi connectivity index (χ0v) is 16.0. The van der Waals surface area contributed by atoms with Crippen LogP contribution in [-0.4, -0.2) is 43.5 Å². The van der Waals surface area contributed by atoms with Gasteiger partial charge in [-0.1, -0.05) is 5.92 Å². The van der Waals surface area contributed by atoms with E-state index in [0.717, 1.165) is 0 Å². The van der Waals surface area contributed by atoms with Crippen molar-refractivity contribution < 1.29 is 34.8 Å². The quantitative estimate of drug-likeness (QED) is 0.339. The van der Waals surface area contributed by atoms with Gasteiger partial charge in [0.2, 0.25) is 5.78 Å². The Morgan fingerprint density at radius 1 is 1.20 bits per heavy atom. The Kier molecular flexibility index (Phi) is 4.26. The van der Waals surface area contributed by atoms with Crippen molar-refractivity contribution in [3.8, 4) is 17.6 Å². The van der Waals surface area contributed by atoms with E-state index in [0.29, 0.717) is 11.1 Å². The summed E-state index contributed by atoms with van der Waals surface area (Å²) < 4.78 is 0.